The van der Waals surface area contributed by atoms with Gasteiger partial charge in [0.05, 0.1) is 6.20 Å². The fourth-order valence-corrected chi connectivity index (χ4v) is 3.70. The molecule has 0 unspecified atom stereocenters. The number of nitrogens with one attached hydrogen (secondary N) is 1. The molecule has 1 aliphatic rings. The van der Waals surface area contributed by atoms with Gasteiger partial charge in [0.15, 0.2) is 5.75 Å². The lowest BCUT2D eigenvalue weighted by Gasteiger charge is -2.30. The summed E-state index contributed by atoms with van der Waals surface area (Å²) in [5, 5.41) is 2.86. The van der Waals surface area contributed by atoms with Crippen molar-refractivity contribution in [2.45, 2.75) is 20.1 Å². The van der Waals surface area contributed by atoms with Crippen molar-refractivity contribution in [2.75, 3.05) is 19.6 Å². The zero-order valence-electron chi connectivity index (χ0n) is 17.9. The van der Waals surface area contributed by atoms with Crippen molar-refractivity contribution in [3.63, 3.8) is 0 Å². The van der Waals surface area contributed by atoms with E-state index < -0.39 is 0 Å². The van der Waals surface area contributed by atoms with E-state index in [9.17, 15) is 14.4 Å². The molecule has 0 radical (unpaired) electrons. The van der Waals surface area contributed by atoms with Crippen molar-refractivity contribution in [2.24, 2.45) is 0 Å². The van der Waals surface area contributed by atoms with Gasteiger partial charge in [0.25, 0.3) is 11.8 Å². The number of hydrogen-bond donors (Lipinski definition) is 1. The van der Waals surface area contributed by atoms with E-state index in [-0.39, 0.29) is 29.6 Å². The molecule has 7 nitrogen and oxygen atoms in total. The maximum Gasteiger partial charge on any atom is 0.270 e. The predicted octanol–water partition coefficient (Wildman–Crippen LogP) is 2.62. The number of aryl methyl sites for hydroxylation is 1. The number of pyridine rings is 1. The summed E-state index contributed by atoms with van der Waals surface area (Å²) in [5.41, 5.74) is 2.49. The first-order valence-corrected chi connectivity index (χ1v) is 10.6. The second kappa shape index (κ2) is 9.51. The van der Waals surface area contributed by atoms with Gasteiger partial charge in [-0.1, -0.05) is 48.5 Å². The zero-order valence-corrected chi connectivity index (χ0v) is 17.9. The van der Waals surface area contributed by atoms with Gasteiger partial charge in [-0.05, 0) is 24.1 Å². The van der Waals surface area contributed by atoms with Crippen LogP contribution in [0.15, 0.2) is 71.7 Å². The van der Waals surface area contributed by atoms with Gasteiger partial charge in [0, 0.05) is 37.8 Å². The average Bonchev–Trinajstić information content (AvgIpc) is 2.80. The number of aromatic nitrogens is 1. The molecule has 0 saturated heterocycles. The lowest BCUT2D eigenvalue weighted by Crippen LogP contribution is -2.45. The smallest absolute Gasteiger partial charge is 0.270 e. The molecule has 3 aromatic rings. The Hall–Kier alpha value is -3.87. The minimum atomic E-state index is -0.324. The highest BCUT2D eigenvalue weighted by Gasteiger charge is 2.25. The third kappa shape index (κ3) is 4.72. The minimum absolute atomic E-state index is 0.163. The normalized spacial score (nSPS) is 12.9. The lowest BCUT2D eigenvalue weighted by atomic mass is 10.1. The van der Waals surface area contributed by atoms with Crippen LogP contribution in [0.5, 0.6) is 5.75 Å². The van der Waals surface area contributed by atoms with Crippen LogP contribution >= 0.6 is 0 Å². The van der Waals surface area contributed by atoms with E-state index in [1.807, 2.05) is 55.5 Å². The predicted molar refractivity (Wildman–Crippen MR) is 121 cm³/mol. The number of amides is 2. The number of ether oxygens (including phenoxy) is 1. The molecule has 2 heterocycles. The highest BCUT2D eigenvalue weighted by atomic mass is 16.5. The van der Waals surface area contributed by atoms with E-state index in [1.54, 1.807) is 21.7 Å². The van der Waals surface area contributed by atoms with Crippen LogP contribution in [-0.2, 0) is 13.2 Å². The van der Waals surface area contributed by atoms with Gasteiger partial charge in [0.2, 0.25) is 5.43 Å². The second-order valence-corrected chi connectivity index (χ2v) is 7.72. The number of fused-ring (bicyclic) bond motifs is 1. The Bertz CT molecular complexity index is 1190. The number of hydrogen-bond acceptors (Lipinski definition) is 4. The summed E-state index contributed by atoms with van der Waals surface area (Å²) in [7, 11) is 0. The molecule has 2 aromatic carbocycles. The summed E-state index contributed by atoms with van der Waals surface area (Å²) in [5.74, 6) is -0.165. The van der Waals surface area contributed by atoms with E-state index in [4.69, 9.17) is 4.74 Å². The van der Waals surface area contributed by atoms with E-state index in [1.165, 1.54) is 6.07 Å². The van der Waals surface area contributed by atoms with Crippen molar-refractivity contribution in [3.05, 3.63) is 99.5 Å². The first kappa shape index (κ1) is 21.4. The van der Waals surface area contributed by atoms with Gasteiger partial charge in [-0.25, -0.2) is 0 Å². The van der Waals surface area contributed by atoms with E-state index >= 15 is 0 Å². The molecule has 0 aliphatic carbocycles. The van der Waals surface area contributed by atoms with Crippen LogP contribution in [0.3, 0.4) is 0 Å². The van der Waals surface area contributed by atoms with Crippen molar-refractivity contribution >= 4 is 11.8 Å². The largest absolute Gasteiger partial charge is 0.483 e. The van der Waals surface area contributed by atoms with Gasteiger partial charge in [-0.15, -0.1) is 0 Å². The Kier molecular flexibility index (Phi) is 6.35. The molecular formula is C25H25N3O4. The molecule has 0 saturated carbocycles. The van der Waals surface area contributed by atoms with Crippen LogP contribution in [0.2, 0.25) is 0 Å². The van der Waals surface area contributed by atoms with Crippen molar-refractivity contribution in [3.8, 4) is 5.75 Å². The van der Waals surface area contributed by atoms with Gasteiger partial charge >= 0.3 is 0 Å². The summed E-state index contributed by atoms with van der Waals surface area (Å²) in [6, 6.07) is 18.3. The van der Waals surface area contributed by atoms with Crippen molar-refractivity contribution in [1.29, 1.82) is 0 Å². The summed E-state index contributed by atoms with van der Waals surface area (Å²) in [6.07, 6.45) is 1.61. The molecular weight excluding hydrogens is 406 g/mol. The zero-order chi connectivity index (χ0) is 22.5. The summed E-state index contributed by atoms with van der Waals surface area (Å²) in [6.45, 7) is 3.92. The minimum Gasteiger partial charge on any atom is -0.483 e. The molecule has 7 heteroatoms. The standard InChI is InChI=1S/C25H25N3O4/c1-18-7-5-6-10-20(18)24(30)26-11-12-27-13-14-28-16-23(22(29)15-21(28)25(27)31)32-17-19-8-3-2-4-9-19/h2-10,15-16H,11-14,17H2,1H3,(H,26,30). The molecule has 32 heavy (non-hydrogen) atoms. The van der Waals surface area contributed by atoms with Crippen molar-refractivity contribution < 1.29 is 14.3 Å². The average molecular weight is 431 g/mol. The van der Waals surface area contributed by atoms with Crippen LogP contribution in [0.25, 0.3) is 0 Å². The van der Waals surface area contributed by atoms with Gasteiger partial charge in [-0.2, -0.15) is 0 Å². The van der Waals surface area contributed by atoms with Crippen LogP contribution in [0, 0.1) is 6.92 Å². The highest BCUT2D eigenvalue weighted by Crippen LogP contribution is 2.15. The van der Waals surface area contributed by atoms with E-state index in [2.05, 4.69) is 5.32 Å². The summed E-state index contributed by atoms with van der Waals surface area (Å²) >= 11 is 0. The molecule has 1 aromatic heterocycles. The first-order chi connectivity index (χ1) is 15.5. The third-order valence-electron chi connectivity index (χ3n) is 5.50. The molecule has 0 bridgehead atoms. The number of carbonyl (C=O) groups is 2. The second-order valence-electron chi connectivity index (χ2n) is 7.72. The van der Waals surface area contributed by atoms with Crippen LogP contribution in [0.1, 0.15) is 32.0 Å². The molecule has 164 valence electrons. The van der Waals surface area contributed by atoms with E-state index in [0.717, 1.165) is 11.1 Å². The SMILES string of the molecule is Cc1ccccc1C(=O)NCCN1CCn2cc(OCc3ccccc3)c(=O)cc2C1=O. The molecule has 0 fully saturated rings. The van der Waals surface area contributed by atoms with Gasteiger partial charge in [-0.3, -0.25) is 14.4 Å². The highest BCUT2D eigenvalue weighted by molar-refractivity contribution is 5.96. The number of benzene rings is 2. The van der Waals surface area contributed by atoms with Gasteiger partial charge in [0.1, 0.15) is 12.3 Å². The molecule has 1 aliphatic heterocycles. The Labute approximate surface area is 186 Å². The number of rotatable bonds is 7. The summed E-state index contributed by atoms with van der Waals surface area (Å²) < 4.78 is 7.44. The van der Waals surface area contributed by atoms with E-state index in [0.29, 0.717) is 37.4 Å². The molecule has 4 rings (SSSR count). The topological polar surface area (TPSA) is 80.6 Å². The summed E-state index contributed by atoms with van der Waals surface area (Å²) in [4.78, 5) is 39.4. The Balaban J connectivity index is 1.37. The Morgan fingerprint density at radius 3 is 2.56 bits per heavy atom. The molecule has 0 spiro atoms. The molecule has 0 atom stereocenters. The Morgan fingerprint density at radius 2 is 1.78 bits per heavy atom. The van der Waals surface area contributed by atoms with Gasteiger partial charge < -0.3 is 19.5 Å². The third-order valence-corrected chi connectivity index (χ3v) is 5.50. The Morgan fingerprint density at radius 1 is 1.03 bits per heavy atom. The maximum absolute atomic E-state index is 12.9. The maximum atomic E-state index is 12.9. The monoisotopic (exact) mass is 431 g/mol. The van der Waals surface area contributed by atoms with Crippen LogP contribution < -0.4 is 15.5 Å². The fourth-order valence-electron chi connectivity index (χ4n) is 3.70. The number of carbonyl (C=O) groups excluding carboxylic acids is 2. The quantitative estimate of drug-likeness (QED) is 0.624. The number of nitrogens with zero attached hydrogens (tertiary/aromatic N) is 2. The first-order valence-electron chi connectivity index (χ1n) is 10.6. The van der Waals surface area contributed by atoms with Crippen LogP contribution in [0.4, 0.5) is 0 Å². The molecule has 1 N–H and O–H groups in total. The molecule has 2 amide bonds. The van der Waals surface area contributed by atoms with Crippen molar-refractivity contribution in [1.82, 2.24) is 14.8 Å². The lowest BCUT2D eigenvalue weighted by molar-refractivity contribution is 0.0696. The fraction of sp³-hybridized carbons (Fsp3) is 0.240. The van der Waals surface area contributed by atoms with Crippen LogP contribution in [-0.4, -0.2) is 40.9 Å².